The lowest BCUT2D eigenvalue weighted by Gasteiger charge is -2.08. The van der Waals surface area contributed by atoms with Gasteiger partial charge in [-0.05, 0) is 30.7 Å². The van der Waals surface area contributed by atoms with E-state index < -0.39 is 0 Å². The predicted octanol–water partition coefficient (Wildman–Crippen LogP) is 1.39. The van der Waals surface area contributed by atoms with Crippen molar-refractivity contribution in [2.45, 2.75) is 39.7 Å². The van der Waals surface area contributed by atoms with Gasteiger partial charge in [-0.15, -0.1) is 0 Å². The molecule has 0 aromatic carbocycles. The van der Waals surface area contributed by atoms with Crippen molar-refractivity contribution < 1.29 is 0 Å². The largest absolute Gasteiger partial charge is 0.268 e. The molecular formula is C11H16N2O. The van der Waals surface area contributed by atoms with Crippen LogP contribution >= 0.6 is 0 Å². The Balaban J connectivity index is 2.38. The Kier molecular flexibility index (Phi) is 2.40. The molecule has 0 spiro atoms. The third-order valence-corrected chi connectivity index (χ3v) is 2.56. The number of hydrogen-bond acceptors (Lipinski definition) is 2. The second-order valence-corrected chi connectivity index (χ2v) is 4.38. The lowest BCUT2D eigenvalue weighted by atomic mass is 10.2. The van der Waals surface area contributed by atoms with Gasteiger partial charge in [0.15, 0.2) is 0 Å². The van der Waals surface area contributed by atoms with Gasteiger partial charge in [0, 0.05) is 12.6 Å². The van der Waals surface area contributed by atoms with E-state index in [-0.39, 0.29) is 5.56 Å². The molecule has 0 bridgehead atoms. The van der Waals surface area contributed by atoms with E-state index >= 15 is 0 Å². The van der Waals surface area contributed by atoms with Gasteiger partial charge in [-0.2, -0.15) is 5.10 Å². The van der Waals surface area contributed by atoms with Crippen molar-refractivity contribution in [3.05, 3.63) is 27.7 Å². The van der Waals surface area contributed by atoms with Gasteiger partial charge < -0.3 is 0 Å². The first-order valence-electron chi connectivity index (χ1n) is 5.26. The highest BCUT2D eigenvalue weighted by Gasteiger charge is 2.14. The molecule has 0 atom stereocenters. The quantitative estimate of drug-likeness (QED) is 0.709. The molecule has 1 heterocycles. The van der Waals surface area contributed by atoms with Gasteiger partial charge in [0.25, 0.3) is 5.56 Å². The SMILES string of the molecule is CC(C)Cn1nc2c(cc1=O)CCC2. The molecule has 1 aliphatic rings. The lowest BCUT2D eigenvalue weighted by molar-refractivity contribution is 0.458. The maximum Gasteiger partial charge on any atom is 0.267 e. The van der Waals surface area contributed by atoms with Crippen LogP contribution in [0, 0.1) is 5.92 Å². The maximum absolute atomic E-state index is 11.6. The average molecular weight is 192 g/mol. The molecular weight excluding hydrogens is 176 g/mol. The number of nitrogens with zero attached hydrogens (tertiary/aromatic N) is 2. The summed E-state index contributed by atoms with van der Waals surface area (Å²) in [6, 6.07) is 1.76. The molecule has 2 rings (SSSR count). The fraction of sp³-hybridized carbons (Fsp3) is 0.636. The third kappa shape index (κ3) is 1.72. The van der Waals surface area contributed by atoms with Gasteiger partial charge in [-0.25, -0.2) is 4.68 Å². The standard InChI is InChI=1S/C11H16N2O/c1-8(2)7-13-11(14)6-9-4-3-5-10(9)12-13/h6,8H,3-5,7H2,1-2H3. The van der Waals surface area contributed by atoms with E-state index in [0.717, 1.165) is 37.1 Å². The summed E-state index contributed by atoms with van der Waals surface area (Å²) in [5.41, 5.74) is 2.35. The van der Waals surface area contributed by atoms with Gasteiger partial charge in [-0.3, -0.25) is 4.79 Å². The second kappa shape index (κ2) is 3.56. The van der Waals surface area contributed by atoms with E-state index in [4.69, 9.17) is 0 Å². The highest BCUT2D eigenvalue weighted by atomic mass is 16.1. The normalized spacial score (nSPS) is 14.8. The van der Waals surface area contributed by atoms with Crippen LogP contribution in [0.25, 0.3) is 0 Å². The summed E-state index contributed by atoms with van der Waals surface area (Å²) in [4.78, 5) is 11.6. The van der Waals surface area contributed by atoms with E-state index in [2.05, 4.69) is 18.9 Å². The van der Waals surface area contributed by atoms with Gasteiger partial charge in [0.2, 0.25) is 0 Å². The predicted molar refractivity (Wildman–Crippen MR) is 55.4 cm³/mol. The molecule has 0 N–H and O–H groups in total. The molecule has 1 aliphatic carbocycles. The third-order valence-electron chi connectivity index (χ3n) is 2.56. The van der Waals surface area contributed by atoms with Crippen LogP contribution in [0.5, 0.6) is 0 Å². The van der Waals surface area contributed by atoms with Crippen LogP contribution < -0.4 is 5.56 Å². The Morgan fingerprint density at radius 2 is 2.29 bits per heavy atom. The molecule has 76 valence electrons. The van der Waals surface area contributed by atoms with Crippen LogP contribution in [-0.2, 0) is 19.4 Å². The fourth-order valence-electron chi connectivity index (χ4n) is 1.92. The number of rotatable bonds is 2. The minimum atomic E-state index is 0.0550. The van der Waals surface area contributed by atoms with Crippen molar-refractivity contribution in [2.75, 3.05) is 0 Å². The Bertz CT molecular complexity index is 393. The summed E-state index contributed by atoms with van der Waals surface area (Å²) in [7, 11) is 0. The van der Waals surface area contributed by atoms with E-state index in [0.29, 0.717) is 5.92 Å². The number of aryl methyl sites for hydroxylation is 2. The smallest absolute Gasteiger partial charge is 0.267 e. The molecule has 0 unspecified atom stereocenters. The van der Waals surface area contributed by atoms with Crippen LogP contribution in [0.2, 0.25) is 0 Å². The molecule has 3 nitrogen and oxygen atoms in total. The number of aromatic nitrogens is 2. The summed E-state index contributed by atoms with van der Waals surface area (Å²) in [5, 5.41) is 4.40. The molecule has 0 saturated carbocycles. The average Bonchev–Trinajstić information content (AvgIpc) is 2.51. The Morgan fingerprint density at radius 1 is 1.50 bits per heavy atom. The molecule has 0 saturated heterocycles. The molecule has 0 radical (unpaired) electrons. The van der Waals surface area contributed by atoms with Crippen LogP contribution in [-0.4, -0.2) is 9.78 Å². The first-order valence-corrected chi connectivity index (χ1v) is 5.26. The van der Waals surface area contributed by atoms with Gasteiger partial charge in [-0.1, -0.05) is 13.8 Å². The van der Waals surface area contributed by atoms with Crippen LogP contribution in [0.4, 0.5) is 0 Å². The Labute approximate surface area is 83.8 Å². The fourth-order valence-corrected chi connectivity index (χ4v) is 1.92. The van der Waals surface area contributed by atoms with Crippen molar-refractivity contribution in [2.24, 2.45) is 5.92 Å². The van der Waals surface area contributed by atoms with Crippen molar-refractivity contribution in [1.29, 1.82) is 0 Å². The van der Waals surface area contributed by atoms with E-state index in [1.807, 2.05) is 0 Å². The molecule has 3 heteroatoms. The molecule has 0 fully saturated rings. The van der Waals surface area contributed by atoms with Crippen molar-refractivity contribution >= 4 is 0 Å². The molecule has 1 aromatic rings. The zero-order valence-corrected chi connectivity index (χ0v) is 8.79. The van der Waals surface area contributed by atoms with Crippen molar-refractivity contribution in [3.63, 3.8) is 0 Å². The summed E-state index contributed by atoms with van der Waals surface area (Å²) in [6.07, 6.45) is 3.21. The Hall–Kier alpha value is -1.12. The van der Waals surface area contributed by atoms with Gasteiger partial charge in [0.1, 0.15) is 0 Å². The monoisotopic (exact) mass is 192 g/mol. The lowest BCUT2D eigenvalue weighted by Crippen LogP contribution is -2.25. The zero-order chi connectivity index (χ0) is 10.1. The molecule has 0 aliphatic heterocycles. The second-order valence-electron chi connectivity index (χ2n) is 4.38. The summed E-state index contributed by atoms with van der Waals surface area (Å²) < 4.78 is 1.61. The van der Waals surface area contributed by atoms with Gasteiger partial charge in [0.05, 0.1) is 5.69 Å². The maximum atomic E-state index is 11.6. The van der Waals surface area contributed by atoms with Crippen molar-refractivity contribution in [1.82, 2.24) is 9.78 Å². The van der Waals surface area contributed by atoms with Crippen LogP contribution in [0.15, 0.2) is 10.9 Å². The number of hydrogen-bond donors (Lipinski definition) is 0. The van der Waals surface area contributed by atoms with E-state index in [1.165, 1.54) is 0 Å². The van der Waals surface area contributed by atoms with Gasteiger partial charge >= 0.3 is 0 Å². The summed E-state index contributed by atoms with van der Waals surface area (Å²) in [5.74, 6) is 0.472. The molecule has 0 amide bonds. The number of fused-ring (bicyclic) bond motifs is 1. The van der Waals surface area contributed by atoms with Crippen LogP contribution in [0.1, 0.15) is 31.5 Å². The summed E-state index contributed by atoms with van der Waals surface area (Å²) in [6.45, 7) is 4.93. The Morgan fingerprint density at radius 3 is 3.00 bits per heavy atom. The molecule has 14 heavy (non-hydrogen) atoms. The van der Waals surface area contributed by atoms with E-state index in [1.54, 1.807) is 10.7 Å². The van der Waals surface area contributed by atoms with E-state index in [9.17, 15) is 4.79 Å². The topological polar surface area (TPSA) is 34.9 Å². The van der Waals surface area contributed by atoms with Crippen LogP contribution in [0.3, 0.4) is 0 Å². The molecule has 1 aromatic heterocycles. The first kappa shape index (κ1) is 9.44. The summed E-state index contributed by atoms with van der Waals surface area (Å²) >= 11 is 0. The highest BCUT2D eigenvalue weighted by Crippen LogP contribution is 2.17. The minimum Gasteiger partial charge on any atom is -0.268 e. The zero-order valence-electron chi connectivity index (χ0n) is 8.79. The van der Waals surface area contributed by atoms with Crippen molar-refractivity contribution in [3.8, 4) is 0 Å². The highest BCUT2D eigenvalue weighted by molar-refractivity contribution is 5.22. The minimum absolute atomic E-state index is 0.0550. The first-order chi connectivity index (χ1) is 6.66.